The molecule has 86 valence electrons. The van der Waals surface area contributed by atoms with Crippen LogP contribution < -0.4 is 0 Å². The van der Waals surface area contributed by atoms with E-state index in [4.69, 9.17) is 4.55 Å². The molecular formula is C10H16O4S. The molecule has 0 heterocycles. The zero-order chi connectivity index (χ0) is 11.5. The first-order chi connectivity index (χ1) is 6.69. The maximum Gasteiger partial charge on any atom is 0.265 e. The van der Waals surface area contributed by atoms with E-state index < -0.39 is 21.3 Å². The van der Waals surface area contributed by atoms with Gasteiger partial charge < -0.3 is 0 Å². The average molecular weight is 232 g/mol. The Morgan fingerprint density at radius 2 is 2.07 bits per heavy atom. The lowest BCUT2D eigenvalue weighted by Crippen LogP contribution is -2.42. The maximum absolute atomic E-state index is 11.9. The maximum atomic E-state index is 11.9. The summed E-state index contributed by atoms with van der Waals surface area (Å²) in [4.78, 5) is 11.9. The topological polar surface area (TPSA) is 71.4 Å². The van der Waals surface area contributed by atoms with Gasteiger partial charge >= 0.3 is 0 Å². The summed E-state index contributed by atoms with van der Waals surface area (Å²) in [5.74, 6) is -0.101. The van der Waals surface area contributed by atoms with Crippen molar-refractivity contribution in [2.24, 2.45) is 16.7 Å². The summed E-state index contributed by atoms with van der Waals surface area (Å²) in [6.45, 7) is 3.89. The molecule has 2 bridgehead atoms. The van der Waals surface area contributed by atoms with Crippen molar-refractivity contribution in [1.82, 2.24) is 0 Å². The molecule has 0 aromatic heterocycles. The Bertz CT molecular complexity index is 409. The predicted molar refractivity (Wildman–Crippen MR) is 55.0 cm³/mol. The van der Waals surface area contributed by atoms with Crippen LogP contribution in [0.1, 0.15) is 33.1 Å². The summed E-state index contributed by atoms with van der Waals surface area (Å²) in [7, 11) is -4.08. The second kappa shape index (κ2) is 2.83. The first-order valence-corrected chi connectivity index (χ1v) is 6.78. The lowest BCUT2D eigenvalue weighted by molar-refractivity contribution is -0.128. The number of hydrogen-bond acceptors (Lipinski definition) is 3. The fourth-order valence-electron chi connectivity index (χ4n) is 3.42. The third-order valence-corrected chi connectivity index (χ3v) is 5.43. The molecule has 0 aromatic rings. The quantitative estimate of drug-likeness (QED) is 0.728. The molecule has 0 radical (unpaired) electrons. The van der Waals surface area contributed by atoms with Crippen molar-refractivity contribution in [3.8, 4) is 0 Å². The smallest absolute Gasteiger partial charge is 0.265 e. The summed E-state index contributed by atoms with van der Waals surface area (Å²) >= 11 is 0. The number of carbonyl (C=O) groups excluding carboxylic acids is 1. The van der Waals surface area contributed by atoms with E-state index in [0.717, 1.165) is 6.42 Å². The molecule has 4 nitrogen and oxygen atoms in total. The van der Waals surface area contributed by atoms with Crippen molar-refractivity contribution < 1.29 is 17.8 Å². The van der Waals surface area contributed by atoms with Crippen LogP contribution in [0.3, 0.4) is 0 Å². The number of hydrogen-bond donors (Lipinski definition) is 1. The van der Waals surface area contributed by atoms with Gasteiger partial charge in [0, 0.05) is 6.42 Å². The van der Waals surface area contributed by atoms with Crippen LogP contribution in [0.15, 0.2) is 0 Å². The van der Waals surface area contributed by atoms with E-state index in [1.54, 1.807) is 0 Å². The first-order valence-electron chi connectivity index (χ1n) is 5.17. The Hall–Kier alpha value is -0.420. The molecule has 1 N–H and O–H groups in total. The molecule has 2 saturated carbocycles. The monoisotopic (exact) mass is 232 g/mol. The minimum absolute atomic E-state index is 0.0152. The first kappa shape index (κ1) is 11.1. The molecule has 15 heavy (non-hydrogen) atoms. The van der Waals surface area contributed by atoms with Gasteiger partial charge in [-0.05, 0) is 24.2 Å². The Kier molecular flexibility index (Phi) is 2.09. The van der Waals surface area contributed by atoms with Crippen LogP contribution >= 0.6 is 0 Å². The number of carbonyl (C=O) groups is 1. The molecule has 2 fully saturated rings. The van der Waals surface area contributed by atoms with Crippen molar-refractivity contribution in [3.63, 3.8) is 0 Å². The van der Waals surface area contributed by atoms with E-state index in [0.29, 0.717) is 12.8 Å². The van der Waals surface area contributed by atoms with Crippen molar-refractivity contribution in [3.05, 3.63) is 0 Å². The third-order valence-electron chi connectivity index (χ3n) is 4.57. The van der Waals surface area contributed by atoms with Gasteiger partial charge in [0.05, 0.1) is 11.2 Å². The molecule has 2 rings (SSSR count). The van der Waals surface area contributed by atoms with Crippen molar-refractivity contribution in [1.29, 1.82) is 0 Å². The van der Waals surface area contributed by atoms with Gasteiger partial charge in [-0.15, -0.1) is 0 Å². The van der Waals surface area contributed by atoms with E-state index in [1.807, 2.05) is 13.8 Å². The molecule has 0 aromatic carbocycles. The van der Waals surface area contributed by atoms with Crippen LogP contribution in [-0.2, 0) is 14.9 Å². The highest BCUT2D eigenvalue weighted by Gasteiger charge is 2.65. The standard InChI is InChI=1S/C10H16O4S/c1-9(2)7-3-4-10(9,8(11)5-7)6-15(12,13)14/h7H,3-6H2,1-2H3,(H,12,13,14)/t7-,10+/m0/s1. The van der Waals surface area contributed by atoms with Gasteiger partial charge in [0.1, 0.15) is 5.78 Å². The van der Waals surface area contributed by atoms with Crippen LogP contribution in [0.2, 0.25) is 0 Å². The van der Waals surface area contributed by atoms with Gasteiger partial charge in [-0.1, -0.05) is 13.8 Å². The van der Waals surface area contributed by atoms with Gasteiger partial charge in [-0.25, -0.2) is 0 Å². The summed E-state index contributed by atoms with van der Waals surface area (Å²) in [6, 6.07) is 0. The minimum atomic E-state index is -4.08. The van der Waals surface area contributed by atoms with Crippen LogP contribution in [0.25, 0.3) is 0 Å². The van der Waals surface area contributed by atoms with Crippen molar-refractivity contribution >= 4 is 15.9 Å². The SMILES string of the molecule is CC1(C)[C@H]2CC[C@@]1(CS(=O)(=O)O)C(=O)C2. The Balaban J connectivity index is 2.45. The largest absolute Gasteiger partial charge is 0.299 e. The lowest BCUT2D eigenvalue weighted by atomic mass is 9.70. The van der Waals surface area contributed by atoms with E-state index in [2.05, 4.69) is 0 Å². The second-order valence-corrected chi connectivity index (χ2v) is 6.85. The van der Waals surface area contributed by atoms with Crippen molar-refractivity contribution in [2.75, 3.05) is 5.75 Å². The predicted octanol–water partition coefficient (Wildman–Crippen LogP) is 1.27. The Morgan fingerprint density at radius 1 is 1.47 bits per heavy atom. The van der Waals surface area contributed by atoms with Crippen LogP contribution in [0, 0.1) is 16.7 Å². The summed E-state index contributed by atoms with van der Waals surface area (Å²) in [6.07, 6.45) is 1.97. The van der Waals surface area contributed by atoms with E-state index in [-0.39, 0.29) is 17.1 Å². The molecule has 0 aliphatic heterocycles. The molecule has 2 atom stereocenters. The summed E-state index contributed by atoms with van der Waals surface area (Å²) in [5, 5.41) is 0. The van der Waals surface area contributed by atoms with Crippen LogP contribution in [0.4, 0.5) is 0 Å². The second-order valence-electron chi connectivity index (χ2n) is 5.39. The van der Waals surface area contributed by atoms with Crippen LogP contribution in [0.5, 0.6) is 0 Å². The highest BCUT2D eigenvalue weighted by molar-refractivity contribution is 7.85. The van der Waals surface area contributed by atoms with E-state index >= 15 is 0 Å². The Morgan fingerprint density at radius 3 is 2.40 bits per heavy atom. The number of rotatable bonds is 2. The molecular weight excluding hydrogens is 216 g/mol. The molecule has 2 aliphatic carbocycles. The van der Waals surface area contributed by atoms with Gasteiger partial charge in [0.25, 0.3) is 10.1 Å². The lowest BCUT2D eigenvalue weighted by Gasteiger charge is -2.35. The molecule has 0 saturated heterocycles. The van der Waals surface area contributed by atoms with E-state index in [9.17, 15) is 13.2 Å². The zero-order valence-corrected chi connectivity index (χ0v) is 9.80. The molecule has 0 unspecified atom stereocenters. The number of Topliss-reactive ketones (excluding diaryl/α,β-unsaturated/α-hetero) is 1. The fourth-order valence-corrected chi connectivity index (χ4v) is 4.72. The van der Waals surface area contributed by atoms with Crippen LogP contribution in [-0.4, -0.2) is 24.5 Å². The Labute approximate surface area is 89.8 Å². The fraction of sp³-hybridized carbons (Fsp3) is 0.900. The number of ketones is 1. The van der Waals surface area contributed by atoms with E-state index in [1.165, 1.54) is 0 Å². The summed E-state index contributed by atoms with van der Waals surface area (Å²) in [5.41, 5.74) is -1.12. The minimum Gasteiger partial charge on any atom is -0.299 e. The van der Waals surface area contributed by atoms with Crippen molar-refractivity contribution in [2.45, 2.75) is 33.1 Å². The molecule has 5 heteroatoms. The normalized spacial score (nSPS) is 38.6. The highest BCUT2D eigenvalue weighted by Crippen LogP contribution is 2.64. The van der Waals surface area contributed by atoms with Gasteiger partial charge in [0.15, 0.2) is 0 Å². The third kappa shape index (κ3) is 1.36. The molecule has 0 amide bonds. The summed E-state index contributed by atoms with van der Waals surface area (Å²) < 4.78 is 31.0. The number of fused-ring (bicyclic) bond motifs is 2. The van der Waals surface area contributed by atoms with Gasteiger partial charge in [-0.3, -0.25) is 9.35 Å². The van der Waals surface area contributed by atoms with Gasteiger partial charge in [-0.2, -0.15) is 8.42 Å². The zero-order valence-electron chi connectivity index (χ0n) is 8.99. The molecule has 2 aliphatic rings. The molecule has 0 spiro atoms. The average Bonchev–Trinajstić information content (AvgIpc) is 2.34. The highest BCUT2D eigenvalue weighted by atomic mass is 32.2. The van der Waals surface area contributed by atoms with Gasteiger partial charge in [0.2, 0.25) is 0 Å².